The van der Waals surface area contributed by atoms with Crippen molar-refractivity contribution in [3.8, 4) is 5.69 Å². The fourth-order valence-corrected chi connectivity index (χ4v) is 4.50. The van der Waals surface area contributed by atoms with Crippen molar-refractivity contribution in [2.24, 2.45) is 0 Å². The highest BCUT2D eigenvalue weighted by molar-refractivity contribution is 7.98. The zero-order valence-corrected chi connectivity index (χ0v) is 19.0. The molecule has 10 heteroatoms. The van der Waals surface area contributed by atoms with Crippen molar-refractivity contribution in [3.05, 3.63) is 74.7 Å². The zero-order valence-electron chi connectivity index (χ0n) is 17.4. The van der Waals surface area contributed by atoms with Crippen molar-refractivity contribution < 1.29 is 4.79 Å². The smallest absolute Gasteiger partial charge is 0.282 e. The van der Waals surface area contributed by atoms with E-state index in [2.05, 4.69) is 44.0 Å². The summed E-state index contributed by atoms with van der Waals surface area (Å²) in [5.74, 6) is 0.295. The van der Waals surface area contributed by atoms with Crippen molar-refractivity contribution >= 4 is 29.0 Å². The number of hydrogen-bond donors (Lipinski definition) is 1. The molecule has 158 valence electrons. The number of thioether (sulfide) groups is 1. The van der Waals surface area contributed by atoms with Crippen LogP contribution in [0.2, 0.25) is 0 Å². The normalized spacial score (nSPS) is 10.9. The standard InChI is InChI=1S/C21H21N7OS2/c1-13-7-9-16(10-8-13)11-22-19(29)20-24-23-18(31-20)12-30-21-25-26-27-28(21)17-6-4-5-14(2)15(17)3/h4-10H,11-12H2,1-3H3,(H,22,29). The molecule has 4 rings (SSSR count). The highest BCUT2D eigenvalue weighted by Gasteiger charge is 2.16. The summed E-state index contributed by atoms with van der Waals surface area (Å²) in [7, 11) is 0. The lowest BCUT2D eigenvalue weighted by Crippen LogP contribution is -2.22. The number of benzene rings is 2. The number of tetrazole rings is 1. The molecule has 0 bridgehead atoms. The SMILES string of the molecule is Cc1ccc(CNC(=O)c2nnc(CSc3nnnn3-c3cccc(C)c3C)s2)cc1. The first-order chi connectivity index (χ1) is 15.0. The summed E-state index contributed by atoms with van der Waals surface area (Å²) in [6.07, 6.45) is 0. The molecule has 0 radical (unpaired) electrons. The number of rotatable bonds is 7. The monoisotopic (exact) mass is 451 g/mol. The predicted molar refractivity (Wildman–Crippen MR) is 120 cm³/mol. The molecule has 0 aliphatic heterocycles. The number of nitrogens with one attached hydrogen (secondary N) is 1. The summed E-state index contributed by atoms with van der Waals surface area (Å²) in [4.78, 5) is 12.4. The molecule has 0 atom stereocenters. The van der Waals surface area contributed by atoms with Crippen LogP contribution in [0.15, 0.2) is 47.6 Å². The van der Waals surface area contributed by atoms with E-state index in [1.807, 2.05) is 50.2 Å². The van der Waals surface area contributed by atoms with Crippen LogP contribution in [0.25, 0.3) is 5.69 Å². The molecule has 0 aliphatic rings. The minimum Gasteiger partial charge on any atom is -0.346 e. The molecule has 1 amide bonds. The topological polar surface area (TPSA) is 98.5 Å². The fourth-order valence-electron chi connectivity index (χ4n) is 2.88. The average Bonchev–Trinajstić information content (AvgIpc) is 3.43. The Morgan fingerprint density at radius 3 is 2.68 bits per heavy atom. The van der Waals surface area contributed by atoms with E-state index in [-0.39, 0.29) is 5.91 Å². The molecule has 0 unspecified atom stereocenters. The van der Waals surface area contributed by atoms with E-state index in [9.17, 15) is 4.79 Å². The van der Waals surface area contributed by atoms with Gasteiger partial charge < -0.3 is 5.32 Å². The van der Waals surface area contributed by atoms with E-state index < -0.39 is 0 Å². The van der Waals surface area contributed by atoms with Gasteiger partial charge in [-0.2, -0.15) is 4.68 Å². The van der Waals surface area contributed by atoms with Gasteiger partial charge in [-0.25, -0.2) is 0 Å². The Balaban J connectivity index is 1.38. The summed E-state index contributed by atoms with van der Waals surface area (Å²) in [5, 5.41) is 24.9. The van der Waals surface area contributed by atoms with E-state index in [4.69, 9.17) is 0 Å². The highest BCUT2D eigenvalue weighted by Crippen LogP contribution is 2.26. The van der Waals surface area contributed by atoms with E-state index in [1.54, 1.807) is 4.68 Å². The molecule has 0 aliphatic carbocycles. The Morgan fingerprint density at radius 1 is 1.06 bits per heavy atom. The largest absolute Gasteiger partial charge is 0.346 e. The van der Waals surface area contributed by atoms with Gasteiger partial charge in [0.1, 0.15) is 5.01 Å². The molecule has 0 saturated heterocycles. The first-order valence-electron chi connectivity index (χ1n) is 9.65. The van der Waals surface area contributed by atoms with Gasteiger partial charge in [-0.3, -0.25) is 4.79 Å². The molecule has 2 aromatic carbocycles. The molecule has 4 aromatic rings. The predicted octanol–water partition coefficient (Wildman–Crippen LogP) is 3.66. The van der Waals surface area contributed by atoms with Gasteiger partial charge in [-0.15, -0.1) is 15.3 Å². The zero-order chi connectivity index (χ0) is 21.8. The molecule has 2 heterocycles. The highest BCUT2D eigenvalue weighted by atomic mass is 32.2. The van der Waals surface area contributed by atoms with Gasteiger partial charge in [-0.05, 0) is 54.0 Å². The molecule has 0 saturated carbocycles. The van der Waals surface area contributed by atoms with Gasteiger partial charge in [0.15, 0.2) is 0 Å². The Kier molecular flexibility index (Phi) is 6.38. The number of carbonyl (C=O) groups is 1. The lowest BCUT2D eigenvalue weighted by molar-refractivity contribution is 0.0950. The maximum Gasteiger partial charge on any atom is 0.282 e. The molecule has 1 N–H and O–H groups in total. The van der Waals surface area contributed by atoms with Gasteiger partial charge >= 0.3 is 0 Å². The van der Waals surface area contributed by atoms with Crippen LogP contribution in [0.4, 0.5) is 0 Å². The number of carbonyl (C=O) groups excluding carboxylic acids is 1. The maximum atomic E-state index is 12.4. The van der Waals surface area contributed by atoms with E-state index in [0.717, 1.165) is 21.8 Å². The molecule has 0 spiro atoms. The molecular weight excluding hydrogens is 430 g/mol. The molecule has 2 aromatic heterocycles. The minimum atomic E-state index is -0.227. The molecular formula is C21H21N7OS2. The van der Waals surface area contributed by atoms with Gasteiger partial charge in [0, 0.05) is 6.54 Å². The first kappa shape index (κ1) is 21.1. The van der Waals surface area contributed by atoms with Crippen LogP contribution in [0.5, 0.6) is 0 Å². The third-order valence-corrected chi connectivity index (χ3v) is 6.84. The second-order valence-electron chi connectivity index (χ2n) is 7.05. The quantitative estimate of drug-likeness (QED) is 0.428. The maximum absolute atomic E-state index is 12.4. The summed E-state index contributed by atoms with van der Waals surface area (Å²) >= 11 is 2.73. The first-order valence-corrected chi connectivity index (χ1v) is 11.5. The van der Waals surface area contributed by atoms with E-state index in [1.165, 1.54) is 34.2 Å². The summed E-state index contributed by atoms with van der Waals surface area (Å²) in [6.45, 7) is 6.59. The molecule has 31 heavy (non-hydrogen) atoms. The number of nitrogens with zero attached hydrogens (tertiary/aromatic N) is 6. The van der Waals surface area contributed by atoms with Crippen LogP contribution in [-0.2, 0) is 12.3 Å². The summed E-state index contributed by atoms with van der Waals surface area (Å²) in [6, 6.07) is 14.1. The van der Waals surface area contributed by atoms with Crippen LogP contribution >= 0.6 is 23.1 Å². The number of aryl methyl sites for hydroxylation is 2. The second kappa shape index (κ2) is 9.36. The van der Waals surface area contributed by atoms with Crippen molar-refractivity contribution in [3.63, 3.8) is 0 Å². The van der Waals surface area contributed by atoms with Gasteiger partial charge in [-0.1, -0.05) is 65.1 Å². The summed E-state index contributed by atoms with van der Waals surface area (Å²) in [5.41, 5.74) is 5.47. The van der Waals surface area contributed by atoms with Crippen LogP contribution in [-0.4, -0.2) is 36.3 Å². The average molecular weight is 452 g/mol. The van der Waals surface area contributed by atoms with Crippen molar-refractivity contribution in [1.82, 2.24) is 35.7 Å². The molecule has 0 fully saturated rings. The lowest BCUT2D eigenvalue weighted by Gasteiger charge is -2.09. The van der Waals surface area contributed by atoms with Crippen LogP contribution in [0.1, 0.15) is 37.1 Å². The Labute approximate surface area is 188 Å². The Morgan fingerprint density at radius 2 is 1.87 bits per heavy atom. The number of hydrogen-bond acceptors (Lipinski definition) is 8. The van der Waals surface area contributed by atoms with E-state index in [0.29, 0.717) is 22.5 Å². The lowest BCUT2D eigenvalue weighted by atomic mass is 10.1. The Bertz CT molecular complexity index is 1200. The molecule has 8 nitrogen and oxygen atoms in total. The second-order valence-corrected chi connectivity index (χ2v) is 9.05. The number of amides is 1. The summed E-state index contributed by atoms with van der Waals surface area (Å²) < 4.78 is 1.73. The van der Waals surface area contributed by atoms with Crippen molar-refractivity contribution in [1.29, 1.82) is 0 Å². The van der Waals surface area contributed by atoms with Gasteiger partial charge in [0.05, 0.1) is 11.4 Å². The van der Waals surface area contributed by atoms with Crippen LogP contribution < -0.4 is 5.32 Å². The van der Waals surface area contributed by atoms with Crippen molar-refractivity contribution in [2.75, 3.05) is 0 Å². The minimum absolute atomic E-state index is 0.227. The third-order valence-electron chi connectivity index (χ3n) is 4.80. The van der Waals surface area contributed by atoms with Crippen LogP contribution in [0.3, 0.4) is 0 Å². The van der Waals surface area contributed by atoms with Gasteiger partial charge in [0.25, 0.3) is 5.91 Å². The number of aromatic nitrogens is 6. The van der Waals surface area contributed by atoms with Crippen LogP contribution in [0, 0.1) is 20.8 Å². The third kappa shape index (κ3) is 4.97. The Hall–Kier alpha value is -3.11. The van der Waals surface area contributed by atoms with Gasteiger partial charge in [0.2, 0.25) is 10.2 Å². The van der Waals surface area contributed by atoms with Crippen molar-refractivity contribution in [2.45, 2.75) is 38.2 Å². The van der Waals surface area contributed by atoms with E-state index >= 15 is 0 Å². The fraction of sp³-hybridized carbons (Fsp3) is 0.238.